The Morgan fingerprint density at radius 1 is 1.15 bits per heavy atom. The average molecular weight is 375 g/mol. The van der Waals surface area contributed by atoms with E-state index in [-0.39, 0.29) is 17.9 Å². The van der Waals surface area contributed by atoms with E-state index in [0.29, 0.717) is 34.7 Å². The lowest BCUT2D eigenvalue weighted by Crippen LogP contribution is -2.21. The van der Waals surface area contributed by atoms with Crippen LogP contribution < -0.4 is 0 Å². The normalized spacial score (nSPS) is 13.2. The van der Waals surface area contributed by atoms with Gasteiger partial charge in [-0.25, -0.2) is 4.68 Å². The molecule has 0 fully saturated rings. The van der Waals surface area contributed by atoms with Crippen LogP contribution >= 0.6 is 0 Å². The van der Waals surface area contributed by atoms with Crippen LogP contribution in [0.5, 0.6) is 0 Å². The van der Waals surface area contributed by atoms with Crippen LogP contribution in [-0.4, -0.2) is 34.7 Å². The van der Waals surface area contributed by atoms with Gasteiger partial charge in [0.1, 0.15) is 5.76 Å². The second kappa shape index (κ2) is 6.00. The maximum atomic E-state index is 13.5. The molecule has 8 heteroatoms. The molecule has 0 bridgehead atoms. The van der Waals surface area contributed by atoms with Crippen LogP contribution in [0.25, 0.3) is 16.9 Å². The Balaban J connectivity index is 1.87. The standard InChI is InChI=1S/C19H16F3N3O2/c1-24(2)18(26)11-3-5-12(6-4-11)25-16-13-9-10-27-15(13)8-7-14(16)17(23-25)19(20,21)22/h3-6,9-10H,7-8H2,1-2H3. The quantitative estimate of drug-likeness (QED) is 0.682. The van der Waals surface area contributed by atoms with E-state index in [2.05, 4.69) is 5.10 Å². The third-order valence-electron chi connectivity index (χ3n) is 4.62. The lowest BCUT2D eigenvalue weighted by molar-refractivity contribution is -0.142. The van der Waals surface area contributed by atoms with Crippen molar-refractivity contribution in [1.29, 1.82) is 0 Å². The number of hydrogen-bond donors (Lipinski definition) is 0. The molecule has 140 valence electrons. The van der Waals surface area contributed by atoms with Gasteiger partial charge in [0.25, 0.3) is 5.91 Å². The average Bonchev–Trinajstić information content (AvgIpc) is 3.24. The van der Waals surface area contributed by atoms with Crippen LogP contribution in [0.2, 0.25) is 0 Å². The van der Waals surface area contributed by atoms with Gasteiger partial charge in [-0.3, -0.25) is 4.79 Å². The Hall–Kier alpha value is -3.03. The van der Waals surface area contributed by atoms with Gasteiger partial charge in [-0.2, -0.15) is 18.3 Å². The Bertz CT molecular complexity index is 1010. The zero-order valence-electron chi connectivity index (χ0n) is 14.7. The molecule has 2 aromatic heterocycles. The van der Waals surface area contributed by atoms with Crippen molar-refractivity contribution in [1.82, 2.24) is 14.7 Å². The molecule has 1 aliphatic rings. The number of carbonyl (C=O) groups excluding carboxylic acids is 1. The van der Waals surface area contributed by atoms with Crippen molar-refractivity contribution in [2.45, 2.75) is 19.0 Å². The second-order valence-electron chi connectivity index (χ2n) is 6.59. The third-order valence-corrected chi connectivity index (χ3v) is 4.62. The molecule has 0 spiro atoms. The van der Waals surface area contributed by atoms with E-state index >= 15 is 0 Å². The fraction of sp³-hybridized carbons (Fsp3) is 0.263. The fourth-order valence-corrected chi connectivity index (χ4v) is 3.37. The minimum Gasteiger partial charge on any atom is -0.469 e. The number of hydrogen-bond acceptors (Lipinski definition) is 3. The summed E-state index contributed by atoms with van der Waals surface area (Å²) in [5, 5.41) is 3.88. The molecule has 0 saturated heterocycles. The minimum absolute atomic E-state index is 0.171. The van der Waals surface area contributed by atoms with E-state index in [1.807, 2.05) is 0 Å². The minimum atomic E-state index is -4.54. The highest BCUT2D eigenvalue weighted by molar-refractivity contribution is 5.94. The number of nitrogens with zero attached hydrogens (tertiary/aromatic N) is 3. The van der Waals surface area contributed by atoms with Crippen molar-refractivity contribution >= 4 is 5.91 Å². The maximum Gasteiger partial charge on any atom is 0.435 e. The smallest absolute Gasteiger partial charge is 0.435 e. The summed E-state index contributed by atoms with van der Waals surface area (Å²) in [4.78, 5) is 13.5. The molecular formula is C19H16F3N3O2. The van der Waals surface area contributed by atoms with Crippen LogP contribution in [0.4, 0.5) is 13.2 Å². The Morgan fingerprint density at radius 2 is 1.85 bits per heavy atom. The van der Waals surface area contributed by atoms with Gasteiger partial charge in [0, 0.05) is 37.2 Å². The van der Waals surface area contributed by atoms with E-state index in [1.165, 1.54) is 15.8 Å². The van der Waals surface area contributed by atoms with E-state index in [9.17, 15) is 18.0 Å². The van der Waals surface area contributed by atoms with E-state index < -0.39 is 11.9 Å². The topological polar surface area (TPSA) is 51.3 Å². The highest BCUT2D eigenvalue weighted by atomic mass is 19.4. The fourth-order valence-electron chi connectivity index (χ4n) is 3.37. The highest BCUT2D eigenvalue weighted by Crippen LogP contribution is 2.42. The number of alkyl halides is 3. The summed E-state index contributed by atoms with van der Waals surface area (Å²) in [6.45, 7) is 0. The molecule has 27 heavy (non-hydrogen) atoms. The van der Waals surface area contributed by atoms with Crippen LogP contribution in [0.1, 0.15) is 27.4 Å². The van der Waals surface area contributed by atoms with Crippen molar-refractivity contribution in [2.75, 3.05) is 14.1 Å². The third kappa shape index (κ3) is 2.81. The summed E-state index contributed by atoms with van der Waals surface area (Å²) in [5.74, 6) is 0.467. The van der Waals surface area contributed by atoms with Crippen molar-refractivity contribution in [3.05, 3.63) is 59.2 Å². The first kappa shape index (κ1) is 17.4. The summed E-state index contributed by atoms with van der Waals surface area (Å²) in [5.41, 5.74) is 1.20. The molecule has 0 N–H and O–H groups in total. The number of benzene rings is 1. The van der Waals surface area contributed by atoms with Crippen molar-refractivity contribution < 1.29 is 22.4 Å². The zero-order valence-corrected chi connectivity index (χ0v) is 14.7. The summed E-state index contributed by atoms with van der Waals surface area (Å²) in [7, 11) is 3.27. The van der Waals surface area contributed by atoms with Crippen molar-refractivity contribution in [2.24, 2.45) is 0 Å². The number of carbonyl (C=O) groups is 1. The summed E-state index contributed by atoms with van der Waals surface area (Å²) in [6, 6.07) is 8.02. The van der Waals surface area contributed by atoms with E-state index in [1.54, 1.807) is 44.4 Å². The van der Waals surface area contributed by atoms with Gasteiger partial charge in [0.15, 0.2) is 5.69 Å². The van der Waals surface area contributed by atoms with Crippen molar-refractivity contribution in [3.63, 3.8) is 0 Å². The lowest BCUT2D eigenvalue weighted by atomic mass is 9.94. The maximum absolute atomic E-state index is 13.5. The molecule has 0 unspecified atom stereocenters. The first-order valence-electron chi connectivity index (χ1n) is 8.35. The van der Waals surface area contributed by atoms with E-state index in [0.717, 1.165) is 0 Å². The van der Waals surface area contributed by atoms with E-state index in [4.69, 9.17) is 4.42 Å². The zero-order chi connectivity index (χ0) is 19.3. The molecule has 1 amide bonds. The molecular weight excluding hydrogens is 359 g/mol. The molecule has 3 aromatic rings. The van der Waals surface area contributed by atoms with Crippen LogP contribution in [-0.2, 0) is 19.0 Å². The SMILES string of the molecule is CN(C)C(=O)c1ccc(-n2nc(C(F)(F)F)c3c2-c2ccoc2CC3)cc1. The molecule has 0 aliphatic heterocycles. The number of aryl methyl sites for hydroxylation is 1. The number of fused-ring (bicyclic) bond motifs is 3. The summed E-state index contributed by atoms with van der Waals surface area (Å²) in [6.07, 6.45) is -2.46. The predicted octanol–water partition coefficient (Wildman–Crippen LogP) is 3.95. The van der Waals surface area contributed by atoms with Gasteiger partial charge in [-0.05, 0) is 36.8 Å². The monoisotopic (exact) mass is 375 g/mol. The molecule has 4 rings (SSSR count). The first-order valence-corrected chi connectivity index (χ1v) is 8.35. The predicted molar refractivity (Wildman–Crippen MR) is 91.7 cm³/mol. The van der Waals surface area contributed by atoms with Gasteiger partial charge in [0.05, 0.1) is 17.6 Å². The molecule has 0 radical (unpaired) electrons. The number of aromatic nitrogens is 2. The van der Waals surface area contributed by atoms with Crippen molar-refractivity contribution in [3.8, 4) is 16.9 Å². The molecule has 1 aliphatic carbocycles. The second-order valence-corrected chi connectivity index (χ2v) is 6.59. The number of rotatable bonds is 2. The lowest BCUT2D eigenvalue weighted by Gasteiger charge is -2.15. The highest BCUT2D eigenvalue weighted by Gasteiger charge is 2.41. The Morgan fingerprint density at radius 3 is 2.48 bits per heavy atom. The Labute approximate surface area is 153 Å². The number of amides is 1. The molecule has 0 atom stereocenters. The first-order chi connectivity index (χ1) is 12.8. The summed E-state index contributed by atoms with van der Waals surface area (Å²) >= 11 is 0. The molecule has 5 nitrogen and oxygen atoms in total. The number of furan rings is 1. The largest absolute Gasteiger partial charge is 0.469 e. The van der Waals surface area contributed by atoms with Gasteiger partial charge in [-0.15, -0.1) is 0 Å². The van der Waals surface area contributed by atoms with Crippen LogP contribution in [0, 0.1) is 0 Å². The van der Waals surface area contributed by atoms with Crippen LogP contribution in [0.15, 0.2) is 41.0 Å². The van der Waals surface area contributed by atoms with Gasteiger partial charge >= 0.3 is 6.18 Å². The van der Waals surface area contributed by atoms with Gasteiger partial charge in [0.2, 0.25) is 0 Å². The van der Waals surface area contributed by atoms with Gasteiger partial charge < -0.3 is 9.32 Å². The Kier molecular flexibility index (Phi) is 3.87. The summed E-state index contributed by atoms with van der Waals surface area (Å²) < 4.78 is 47.2. The molecule has 0 saturated carbocycles. The molecule has 2 heterocycles. The molecule has 1 aromatic carbocycles. The number of halogens is 3. The van der Waals surface area contributed by atoms with Crippen LogP contribution in [0.3, 0.4) is 0 Å². The van der Waals surface area contributed by atoms with Gasteiger partial charge in [-0.1, -0.05) is 0 Å².